The first-order valence-electron chi connectivity index (χ1n) is 8.41. The number of rotatable bonds is 7. The smallest absolute Gasteiger partial charge is 0.374 e. The monoisotopic (exact) mass is 373 g/mol. The zero-order chi connectivity index (χ0) is 18.7. The van der Waals surface area contributed by atoms with E-state index in [0.29, 0.717) is 28.9 Å². The normalized spacial score (nSPS) is 18.8. The Balaban J connectivity index is 1.88. The Hall–Kier alpha value is -2.47. The molecule has 3 rings (SSSR count). The second-order valence-electron chi connectivity index (χ2n) is 6.47. The van der Waals surface area contributed by atoms with Crippen molar-refractivity contribution in [3.05, 3.63) is 51.9 Å². The number of aliphatic imine (C=N–C) groups is 1. The van der Waals surface area contributed by atoms with E-state index in [1.165, 1.54) is 0 Å². The fourth-order valence-corrected chi connectivity index (χ4v) is 3.26. The van der Waals surface area contributed by atoms with Crippen molar-refractivity contribution in [2.45, 2.75) is 32.3 Å². The van der Waals surface area contributed by atoms with Gasteiger partial charge in [-0.05, 0) is 44.0 Å². The molecule has 1 saturated carbocycles. The second-order valence-corrected chi connectivity index (χ2v) is 6.88. The first kappa shape index (κ1) is 18.3. The van der Waals surface area contributed by atoms with Gasteiger partial charge in [-0.3, -0.25) is 0 Å². The highest BCUT2D eigenvalue weighted by molar-refractivity contribution is 6.31. The van der Waals surface area contributed by atoms with E-state index < -0.39 is 5.97 Å². The van der Waals surface area contributed by atoms with Gasteiger partial charge in [0.05, 0.1) is 0 Å². The van der Waals surface area contributed by atoms with Crippen LogP contribution < -0.4 is 4.74 Å². The third-order valence-electron chi connectivity index (χ3n) is 4.55. The number of carbonyl (C=O) groups is 1. The summed E-state index contributed by atoms with van der Waals surface area (Å²) in [5.41, 5.74) is 2.25. The molecule has 1 aromatic carbocycles. The number of aromatic nitrogens is 2. The van der Waals surface area contributed by atoms with Crippen LogP contribution in [0.4, 0.5) is 0 Å². The number of halogens is 1. The van der Waals surface area contributed by atoms with E-state index >= 15 is 0 Å². The number of carboxylic acid groups (broad SMARTS) is 1. The maximum absolute atomic E-state index is 11.3. The van der Waals surface area contributed by atoms with Crippen LogP contribution in [0.1, 0.15) is 40.3 Å². The molecule has 1 N–H and O–H groups in total. The molecule has 1 heterocycles. The molecule has 1 aromatic heterocycles. The molecule has 1 fully saturated rings. The van der Waals surface area contributed by atoms with Crippen LogP contribution in [0.25, 0.3) is 0 Å². The van der Waals surface area contributed by atoms with E-state index in [1.54, 1.807) is 6.92 Å². The topological polar surface area (TPSA) is 84.7 Å². The van der Waals surface area contributed by atoms with Crippen molar-refractivity contribution < 1.29 is 14.6 Å². The number of aryl methyl sites for hydroxylation is 1. The summed E-state index contributed by atoms with van der Waals surface area (Å²) in [6.45, 7) is 5.99. The molecule has 26 heavy (non-hydrogen) atoms. The number of aromatic carboxylic acids is 1. The van der Waals surface area contributed by atoms with Crippen molar-refractivity contribution in [2.75, 3.05) is 6.54 Å². The van der Waals surface area contributed by atoms with Crippen LogP contribution >= 0.6 is 11.6 Å². The molecule has 0 saturated heterocycles. The molecular formula is C19H20ClN3O3. The fraction of sp³-hybridized carbons (Fsp3) is 0.368. The van der Waals surface area contributed by atoms with Gasteiger partial charge in [-0.15, -0.1) is 0 Å². The lowest BCUT2D eigenvalue weighted by Crippen LogP contribution is -2.36. The van der Waals surface area contributed by atoms with E-state index in [0.717, 1.165) is 30.5 Å². The van der Waals surface area contributed by atoms with Gasteiger partial charge in [-0.2, -0.15) is 4.98 Å². The fourth-order valence-electron chi connectivity index (χ4n) is 3.06. The molecule has 2 aromatic rings. The largest absolute Gasteiger partial charge is 0.475 e. The van der Waals surface area contributed by atoms with Gasteiger partial charge in [0, 0.05) is 29.2 Å². The van der Waals surface area contributed by atoms with Crippen molar-refractivity contribution in [3.8, 4) is 5.88 Å². The first-order valence-corrected chi connectivity index (χ1v) is 8.79. The summed E-state index contributed by atoms with van der Waals surface area (Å²) >= 11 is 6.27. The van der Waals surface area contributed by atoms with Crippen LogP contribution in [-0.2, 0) is 6.42 Å². The minimum Gasteiger partial charge on any atom is -0.475 e. The molecule has 6 nitrogen and oxygen atoms in total. The number of hydrogen-bond donors (Lipinski definition) is 1. The molecular weight excluding hydrogens is 354 g/mol. The van der Waals surface area contributed by atoms with Crippen LogP contribution in [0, 0.1) is 12.8 Å². The first-order chi connectivity index (χ1) is 12.5. The minimum absolute atomic E-state index is 0.00249. The summed E-state index contributed by atoms with van der Waals surface area (Å²) in [7, 11) is 0. The maximum Gasteiger partial charge on any atom is 0.374 e. The number of nitrogens with zero attached hydrogens (tertiary/aromatic N) is 3. The molecule has 1 aliphatic rings. The quantitative estimate of drug-likeness (QED) is 0.750. The standard InChI is InChI=1S/C19H20ClN3O3/c1-11-15(9-13-5-3-4-6-16(13)20)18(23-17(22-11)19(24)25)26-14-7-12(8-14)10-21-2/h3-6,12,14H,2,7-10H2,1H3,(H,24,25)/t12-,14-. The molecule has 1 aliphatic carbocycles. The summed E-state index contributed by atoms with van der Waals surface area (Å²) in [6, 6.07) is 7.51. The number of ether oxygens (including phenoxy) is 1. The Morgan fingerprint density at radius 3 is 2.77 bits per heavy atom. The highest BCUT2D eigenvalue weighted by Crippen LogP contribution is 2.33. The maximum atomic E-state index is 11.3. The molecule has 0 radical (unpaired) electrons. The van der Waals surface area contributed by atoms with Gasteiger partial charge in [-0.25, -0.2) is 9.78 Å². The van der Waals surface area contributed by atoms with Crippen molar-refractivity contribution in [1.82, 2.24) is 9.97 Å². The number of benzene rings is 1. The molecule has 7 heteroatoms. The van der Waals surface area contributed by atoms with E-state index in [1.807, 2.05) is 24.3 Å². The van der Waals surface area contributed by atoms with Gasteiger partial charge in [0.15, 0.2) is 0 Å². The zero-order valence-corrected chi connectivity index (χ0v) is 15.2. The van der Waals surface area contributed by atoms with E-state index in [-0.39, 0.29) is 11.9 Å². The summed E-state index contributed by atoms with van der Waals surface area (Å²) in [5.74, 6) is -0.648. The summed E-state index contributed by atoms with van der Waals surface area (Å²) in [6.07, 6.45) is 2.19. The third kappa shape index (κ3) is 4.02. The molecule has 136 valence electrons. The Bertz CT molecular complexity index is 835. The average molecular weight is 374 g/mol. The van der Waals surface area contributed by atoms with Crippen molar-refractivity contribution >= 4 is 24.3 Å². The van der Waals surface area contributed by atoms with Crippen LogP contribution in [0.2, 0.25) is 5.02 Å². The average Bonchev–Trinajstić information content (AvgIpc) is 2.57. The lowest BCUT2D eigenvalue weighted by atomic mass is 9.82. The Labute approximate surface area is 156 Å². The van der Waals surface area contributed by atoms with E-state index in [9.17, 15) is 9.90 Å². The van der Waals surface area contributed by atoms with Crippen molar-refractivity contribution in [2.24, 2.45) is 10.9 Å². The molecule has 0 bridgehead atoms. The van der Waals surface area contributed by atoms with E-state index in [2.05, 4.69) is 21.7 Å². The highest BCUT2D eigenvalue weighted by Gasteiger charge is 2.32. The van der Waals surface area contributed by atoms with E-state index in [4.69, 9.17) is 16.3 Å². The van der Waals surface area contributed by atoms with Crippen LogP contribution in [0.5, 0.6) is 5.88 Å². The number of carboxylic acids is 1. The SMILES string of the molecule is C=NC[C@H]1C[C@H](Oc2nc(C(=O)O)nc(C)c2Cc2ccccc2Cl)C1. The lowest BCUT2D eigenvalue weighted by molar-refractivity contribution is 0.0607. The van der Waals surface area contributed by atoms with Crippen LogP contribution in [-0.4, -0.2) is 40.4 Å². The summed E-state index contributed by atoms with van der Waals surface area (Å²) < 4.78 is 6.02. The Kier molecular flexibility index (Phi) is 5.52. The lowest BCUT2D eigenvalue weighted by Gasteiger charge is -2.34. The van der Waals surface area contributed by atoms with Crippen molar-refractivity contribution in [3.63, 3.8) is 0 Å². The van der Waals surface area contributed by atoms with Gasteiger partial charge in [0.2, 0.25) is 11.7 Å². The number of hydrogen-bond acceptors (Lipinski definition) is 5. The molecule has 0 unspecified atom stereocenters. The van der Waals surface area contributed by atoms with Gasteiger partial charge in [0.25, 0.3) is 0 Å². The third-order valence-corrected chi connectivity index (χ3v) is 4.92. The van der Waals surface area contributed by atoms with Crippen LogP contribution in [0.15, 0.2) is 29.3 Å². The summed E-state index contributed by atoms with van der Waals surface area (Å²) in [4.78, 5) is 23.5. The minimum atomic E-state index is -1.18. The zero-order valence-electron chi connectivity index (χ0n) is 14.5. The van der Waals surface area contributed by atoms with Crippen molar-refractivity contribution in [1.29, 1.82) is 0 Å². The highest BCUT2D eigenvalue weighted by atomic mass is 35.5. The Morgan fingerprint density at radius 1 is 1.38 bits per heavy atom. The van der Waals surface area contributed by atoms with Gasteiger partial charge >= 0.3 is 5.97 Å². The van der Waals surface area contributed by atoms with Gasteiger partial charge in [-0.1, -0.05) is 29.8 Å². The Morgan fingerprint density at radius 2 is 2.12 bits per heavy atom. The molecule has 0 amide bonds. The second kappa shape index (κ2) is 7.83. The van der Waals surface area contributed by atoms with Gasteiger partial charge < -0.3 is 14.8 Å². The molecule has 0 atom stereocenters. The predicted octanol–water partition coefficient (Wildman–Crippen LogP) is 3.59. The molecule has 0 aliphatic heterocycles. The van der Waals surface area contributed by atoms with Gasteiger partial charge in [0.1, 0.15) is 6.10 Å². The predicted molar refractivity (Wildman–Crippen MR) is 99.5 cm³/mol. The van der Waals surface area contributed by atoms with Crippen LogP contribution in [0.3, 0.4) is 0 Å². The molecule has 0 spiro atoms. The summed E-state index contributed by atoms with van der Waals surface area (Å²) in [5, 5.41) is 9.89.